The molecule has 0 heterocycles. The molecular formula is C13H17N3S. The molecule has 0 aliphatic heterocycles. The fraction of sp³-hybridized carbons (Fsp3) is 0.308. The molecule has 0 bridgehead atoms. The molecule has 0 atom stereocenters. The van der Waals surface area contributed by atoms with E-state index in [-0.39, 0.29) is 0 Å². The minimum Gasteiger partial charge on any atom is -0.359 e. The highest BCUT2D eigenvalue weighted by Crippen LogP contribution is 2.24. The summed E-state index contributed by atoms with van der Waals surface area (Å²) in [6, 6.07) is 8.70. The molecule has 0 radical (unpaired) electrons. The van der Waals surface area contributed by atoms with Crippen LogP contribution in [-0.4, -0.2) is 11.2 Å². The highest BCUT2D eigenvalue weighted by molar-refractivity contribution is 7.80. The quantitative estimate of drug-likeness (QED) is 0.564. The second-order valence-corrected chi connectivity index (χ2v) is 4.77. The first kappa shape index (κ1) is 11.9. The van der Waals surface area contributed by atoms with Gasteiger partial charge < -0.3 is 5.32 Å². The van der Waals surface area contributed by atoms with Crippen LogP contribution in [0.5, 0.6) is 0 Å². The molecule has 0 aromatic heterocycles. The van der Waals surface area contributed by atoms with Gasteiger partial charge in [0.15, 0.2) is 5.11 Å². The zero-order chi connectivity index (χ0) is 12.3. The maximum absolute atomic E-state index is 5.15. The molecule has 1 aromatic rings. The minimum absolute atomic E-state index is 0.335. The van der Waals surface area contributed by atoms with Gasteiger partial charge in [0.05, 0.1) is 5.70 Å². The van der Waals surface area contributed by atoms with Crippen LogP contribution in [-0.2, 0) is 6.42 Å². The number of hydrogen-bond donors (Lipinski definition) is 3. The van der Waals surface area contributed by atoms with E-state index in [1.807, 2.05) is 6.07 Å². The Balaban J connectivity index is 1.92. The minimum atomic E-state index is 0.335. The molecule has 2 rings (SSSR count). The zero-order valence-electron chi connectivity index (χ0n) is 10.1. The van der Waals surface area contributed by atoms with Crippen molar-refractivity contribution in [3.8, 4) is 0 Å². The SMILES string of the molecule is CC(C)NC(=S)NNC1=CCc2ccccc21. The van der Waals surface area contributed by atoms with Gasteiger partial charge in [-0.05, 0) is 38.0 Å². The van der Waals surface area contributed by atoms with Gasteiger partial charge >= 0.3 is 0 Å². The number of fused-ring (bicyclic) bond motifs is 1. The molecule has 0 amide bonds. The Morgan fingerprint density at radius 3 is 2.82 bits per heavy atom. The first-order valence-corrected chi connectivity index (χ1v) is 6.18. The Morgan fingerprint density at radius 2 is 2.06 bits per heavy atom. The van der Waals surface area contributed by atoms with E-state index in [1.54, 1.807) is 0 Å². The second kappa shape index (κ2) is 5.19. The predicted octanol–water partition coefficient (Wildman–Crippen LogP) is 1.96. The lowest BCUT2D eigenvalue weighted by Crippen LogP contribution is -2.45. The molecule has 90 valence electrons. The summed E-state index contributed by atoms with van der Waals surface area (Å²) in [5.41, 5.74) is 9.83. The Hall–Kier alpha value is -1.55. The molecule has 1 aromatic carbocycles. The molecule has 0 spiro atoms. The molecule has 1 aliphatic carbocycles. The van der Waals surface area contributed by atoms with Crippen molar-refractivity contribution < 1.29 is 0 Å². The molecule has 0 fully saturated rings. The van der Waals surface area contributed by atoms with Gasteiger partial charge in [0.1, 0.15) is 0 Å². The third kappa shape index (κ3) is 2.97. The van der Waals surface area contributed by atoms with Crippen molar-refractivity contribution in [3.63, 3.8) is 0 Å². The van der Waals surface area contributed by atoms with Crippen molar-refractivity contribution in [2.45, 2.75) is 26.3 Å². The van der Waals surface area contributed by atoms with E-state index in [0.717, 1.165) is 12.1 Å². The van der Waals surface area contributed by atoms with Gasteiger partial charge in [-0.25, -0.2) is 0 Å². The Bertz CT molecular complexity index is 452. The predicted molar refractivity (Wildman–Crippen MR) is 75.3 cm³/mol. The number of thiocarbonyl (C=S) groups is 1. The Morgan fingerprint density at radius 1 is 1.29 bits per heavy atom. The topological polar surface area (TPSA) is 36.1 Å². The van der Waals surface area contributed by atoms with Crippen LogP contribution in [0.15, 0.2) is 30.3 Å². The maximum Gasteiger partial charge on any atom is 0.185 e. The summed E-state index contributed by atoms with van der Waals surface area (Å²) in [5, 5.41) is 3.74. The lowest BCUT2D eigenvalue weighted by molar-refractivity contribution is 0.700. The average Bonchev–Trinajstić information content (AvgIpc) is 2.69. The fourth-order valence-electron chi connectivity index (χ4n) is 1.82. The van der Waals surface area contributed by atoms with E-state index in [9.17, 15) is 0 Å². The molecule has 4 heteroatoms. The normalized spacial score (nSPS) is 13.0. The molecule has 17 heavy (non-hydrogen) atoms. The average molecular weight is 247 g/mol. The Labute approximate surface area is 107 Å². The monoisotopic (exact) mass is 247 g/mol. The van der Waals surface area contributed by atoms with Gasteiger partial charge in [-0.15, -0.1) is 0 Å². The highest BCUT2D eigenvalue weighted by atomic mass is 32.1. The van der Waals surface area contributed by atoms with Crippen LogP contribution in [0.25, 0.3) is 5.70 Å². The first-order chi connectivity index (χ1) is 8.16. The van der Waals surface area contributed by atoms with E-state index >= 15 is 0 Å². The van der Waals surface area contributed by atoms with Crippen LogP contribution in [0.1, 0.15) is 25.0 Å². The second-order valence-electron chi connectivity index (χ2n) is 4.36. The van der Waals surface area contributed by atoms with Gasteiger partial charge in [-0.1, -0.05) is 30.3 Å². The summed E-state index contributed by atoms with van der Waals surface area (Å²) in [6.07, 6.45) is 3.14. The lowest BCUT2D eigenvalue weighted by Gasteiger charge is -2.15. The summed E-state index contributed by atoms with van der Waals surface area (Å²) in [6.45, 7) is 4.11. The van der Waals surface area contributed by atoms with E-state index in [2.05, 4.69) is 54.3 Å². The van der Waals surface area contributed by atoms with Gasteiger partial charge in [-0.2, -0.15) is 0 Å². The number of hydrogen-bond acceptors (Lipinski definition) is 2. The number of hydrazine groups is 1. The van der Waals surface area contributed by atoms with Crippen LogP contribution in [0, 0.1) is 0 Å². The third-order valence-electron chi connectivity index (χ3n) is 2.56. The first-order valence-electron chi connectivity index (χ1n) is 5.78. The maximum atomic E-state index is 5.15. The summed E-state index contributed by atoms with van der Waals surface area (Å²) in [4.78, 5) is 0. The summed E-state index contributed by atoms with van der Waals surface area (Å²) in [7, 11) is 0. The van der Waals surface area contributed by atoms with Crippen LogP contribution in [0.2, 0.25) is 0 Å². The van der Waals surface area contributed by atoms with Crippen LogP contribution in [0.4, 0.5) is 0 Å². The fourth-order valence-corrected chi connectivity index (χ4v) is 2.11. The van der Waals surface area contributed by atoms with E-state index in [1.165, 1.54) is 11.1 Å². The standard InChI is InChI=1S/C13H17N3S/c1-9(2)14-13(17)16-15-12-8-7-10-5-3-4-6-11(10)12/h3-6,8-9,15H,7H2,1-2H3,(H2,14,16,17). The van der Waals surface area contributed by atoms with Crippen LogP contribution >= 0.6 is 12.2 Å². The van der Waals surface area contributed by atoms with E-state index in [0.29, 0.717) is 11.2 Å². The summed E-state index contributed by atoms with van der Waals surface area (Å²) < 4.78 is 0. The summed E-state index contributed by atoms with van der Waals surface area (Å²) in [5.74, 6) is 0. The largest absolute Gasteiger partial charge is 0.359 e. The van der Waals surface area contributed by atoms with E-state index < -0.39 is 0 Å². The molecule has 0 saturated carbocycles. The van der Waals surface area contributed by atoms with Crippen molar-refractivity contribution in [1.82, 2.24) is 16.2 Å². The van der Waals surface area contributed by atoms with Crippen LogP contribution in [0.3, 0.4) is 0 Å². The van der Waals surface area contributed by atoms with Crippen molar-refractivity contribution in [2.24, 2.45) is 0 Å². The number of allylic oxidation sites excluding steroid dienone is 1. The van der Waals surface area contributed by atoms with Crippen molar-refractivity contribution >= 4 is 23.0 Å². The number of nitrogens with one attached hydrogen (secondary N) is 3. The van der Waals surface area contributed by atoms with Crippen molar-refractivity contribution in [2.75, 3.05) is 0 Å². The molecule has 1 aliphatic rings. The third-order valence-corrected chi connectivity index (χ3v) is 2.78. The highest BCUT2D eigenvalue weighted by Gasteiger charge is 2.12. The van der Waals surface area contributed by atoms with Gasteiger partial charge in [-0.3, -0.25) is 10.9 Å². The molecule has 3 nitrogen and oxygen atoms in total. The van der Waals surface area contributed by atoms with Crippen molar-refractivity contribution in [1.29, 1.82) is 0 Å². The number of rotatable bonds is 3. The lowest BCUT2D eigenvalue weighted by atomic mass is 10.1. The van der Waals surface area contributed by atoms with Crippen LogP contribution < -0.4 is 16.2 Å². The molecule has 3 N–H and O–H groups in total. The molecule has 0 saturated heterocycles. The Kier molecular flexibility index (Phi) is 3.64. The number of benzene rings is 1. The molecular weight excluding hydrogens is 230 g/mol. The van der Waals surface area contributed by atoms with E-state index in [4.69, 9.17) is 12.2 Å². The summed E-state index contributed by atoms with van der Waals surface area (Å²) >= 11 is 5.15. The van der Waals surface area contributed by atoms with Crippen molar-refractivity contribution in [3.05, 3.63) is 41.5 Å². The van der Waals surface area contributed by atoms with Gasteiger partial charge in [0.2, 0.25) is 0 Å². The smallest absolute Gasteiger partial charge is 0.185 e. The van der Waals surface area contributed by atoms with Gasteiger partial charge in [0.25, 0.3) is 0 Å². The van der Waals surface area contributed by atoms with Gasteiger partial charge in [0, 0.05) is 11.6 Å². The molecule has 0 unspecified atom stereocenters. The zero-order valence-corrected chi connectivity index (χ0v) is 10.9.